The number of hydrogen-bond acceptors (Lipinski definition) is 2. The van der Waals surface area contributed by atoms with Crippen molar-refractivity contribution in [3.63, 3.8) is 0 Å². The Morgan fingerprint density at radius 1 is 1.14 bits per heavy atom. The van der Waals surface area contributed by atoms with Crippen LogP contribution in [0.25, 0.3) is 0 Å². The number of rotatable bonds is 6. The highest BCUT2D eigenvalue weighted by atomic mass is 19.1. The van der Waals surface area contributed by atoms with E-state index in [1.54, 1.807) is 6.20 Å². The van der Waals surface area contributed by atoms with Gasteiger partial charge in [0, 0.05) is 11.8 Å². The van der Waals surface area contributed by atoms with E-state index >= 15 is 0 Å². The van der Waals surface area contributed by atoms with E-state index in [2.05, 4.69) is 17.2 Å². The first-order chi connectivity index (χ1) is 10.1. The summed E-state index contributed by atoms with van der Waals surface area (Å²) in [4.78, 5) is 4.38. The molecule has 1 aromatic heterocycles. The van der Waals surface area contributed by atoms with Crippen molar-refractivity contribution in [2.24, 2.45) is 0 Å². The van der Waals surface area contributed by atoms with Crippen molar-refractivity contribution in [1.29, 1.82) is 0 Å². The minimum atomic E-state index is -0.508. The van der Waals surface area contributed by atoms with Crippen LogP contribution in [-0.2, 0) is 6.42 Å². The van der Waals surface area contributed by atoms with Crippen molar-refractivity contribution in [3.8, 4) is 0 Å². The highest BCUT2D eigenvalue weighted by Crippen LogP contribution is 2.23. The average molecular weight is 290 g/mol. The Morgan fingerprint density at radius 2 is 1.86 bits per heavy atom. The number of aromatic nitrogens is 1. The van der Waals surface area contributed by atoms with Crippen LogP contribution in [0.2, 0.25) is 0 Å². The summed E-state index contributed by atoms with van der Waals surface area (Å²) in [6, 6.07) is 7.59. The van der Waals surface area contributed by atoms with Crippen LogP contribution in [0.5, 0.6) is 0 Å². The van der Waals surface area contributed by atoms with Gasteiger partial charge in [-0.1, -0.05) is 19.1 Å². The minimum absolute atomic E-state index is 0.108. The molecule has 21 heavy (non-hydrogen) atoms. The fraction of sp³-hybridized carbons (Fsp3) is 0.353. The van der Waals surface area contributed by atoms with Crippen molar-refractivity contribution < 1.29 is 8.78 Å². The molecular weight excluding hydrogens is 270 g/mol. The van der Waals surface area contributed by atoms with Gasteiger partial charge in [-0.2, -0.15) is 0 Å². The minimum Gasteiger partial charge on any atom is -0.308 e. The molecule has 0 aliphatic heterocycles. The molecule has 0 spiro atoms. The molecule has 2 rings (SSSR count). The van der Waals surface area contributed by atoms with Gasteiger partial charge in [-0.25, -0.2) is 8.78 Å². The summed E-state index contributed by atoms with van der Waals surface area (Å²) < 4.78 is 27.7. The predicted octanol–water partition coefficient (Wildman–Crippen LogP) is 3.95. The Labute approximate surface area is 124 Å². The van der Waals surface area contributed by atoms with Gasteiger partial charge in [0.05, 0.1) is 11.7 Å². The predicted molar refractivity (Wildman–Crippen MR) is 80.1 cm³/mol. The number of pyridine rings is 1. The Bertz CT molecular complexity index is 579. The molecule has 2 nitrogen and oxygen atoms in total. The number of nitrogens with one attached hydrogen (secondary N) is 1. The van der Waals surface area contributed by atoms with E-state index in [9.17, 15) is 8.78 Å². The molecule has 0 fully saturated rings. The van der Waals surface area contributed by atoms with Crippen LogP contribution < -0.4 is 5.32 Å². The second kappa shape index (κ2) is 7.27. The lowest BCUT2D eigenvalue weighted by Gasteiger charge is -2.20. The molecule has 0 aliphatic carbocycles. The van der Waals surface area contributed by atoms with Gasteiger partial charge in [0.2, 0.25) is 0 Å². The molecule has 0 amide bonds. The van der Waals surface area contributed by atoms with Gasteiger partial charge in [0.1, 0.15) is 11.6 Å². The highest BCUT2D eigenvalue weighted by Gasteiger charge is 2.19. The van der Waals surface area contributed by atoms with Gasteiger partial charge < -0.3 is 5.32 Å². The van der Waals surface area contributed by atoms with Crippen LogP contribution in [-0.4, -0.2) is 11.5 Å². The van der Waals surface area contributed by atoms with Gasteiger partial charge in [-0.15, -0.1) is 0 Å². The van der Waals surface area contributed by atoms with E-state index in [1.807, 2.05) is 19.1 Å². The van der Waals surface area contributed by atoms with E-state index in [-0.39, 0.29) is 18.0 Å². The van der Waals surface area contributed by atoms with Crippen molar-refractivity contribution in [1.82, 2.24) is 10.3 Å². The molecule has 0 saturated carbocycles. The number of benzene rings is 1. The lowest BCUT2D eigenvalue weighted by Crippen LogP contribution is -2.26. The summed E-state index contributed by atoms with van der Waals surface area (Å²) in [6.45, 7) is 4.79. The molecular formula is C17H20F2N2. The van der Waals surface area contributed by atoms with E-state index in [0.29, 0.717) is 0 Å². The second-order valence-electron chi connectivity index (χ2n) is 5.12. The summed E-state index contributed by atoms with van der Waals surface area (Å²) >= 11 is 0. The molecule has 1 heterocycles. The van der Waals surface area contributed by atoms with E-state index in [4.69, 9.17) is 0 Å². The summed E-state index contributed by atoms with van der Waals surface area (Å²) in [5.74, 6) is -1.02. The maximum Gasteiger partial charge on any atom is 0.129 e. The lowest BCUT2D eigenvalue weighted by molar-refractivity contribution is 0.481. The Hall–Kier alpha value is -1.81. The number of hydrogen-bond donors (Lipinski definition) is 1. The smallest absolute Gasteiger partial charge is 0.129 e. The highest BCUT2D eigenvalue weighted by molar-refractivity contribution is 5.26. The van der Waals surface area contributed by atoms with Gasteiger partial charge in [0.25, 0.3) is 0 Å². The molecule has 1 unspecified atom stereocenters. The quantitative estimate of drug-likeness (QED) is 0.871. The fourth-order valence-corrected chi connectivity index (χ4v) is 2.38. The van der Waals surface area contributed by atoms with Crippen molar-refractivity contribution in [2.75, 3.05) is 6.54 Å². The van der Waals surface area contributed by atoms with E-state index in [0.717, 1.165) is 24.2 Å². The normalized spacial score (nSPS) is 12.4. The zero-order valence-electron chi connectivity index (χ0n) is 12.4. The maximum atomic E-state index is 13.9. The molecule has 1 N–H and O–H groups in total. The molecule has 0 bridgehead atoms. The molecule has 0 aliphatic rings. The lowest BCUT2D eigenvalue weighted by atomic mass is 9.99. The molecule has 2 aromatic rings. The molecule has 0 radical (unpaired) electrons. The van der Waals surface area contributed by atoms with Gasteiger partial charge in [-0.05, 0) is 50.1 Å². The molecule has 0 saturated heterocycles. The zero-order valence-corrected chi connectivity index (χ0v) is 12.4. The Balaban J connectivity index is 2.31. The first-order valence-corrected chi connectivity index (χ1v) is 7.21. The van der Waals surface area contributed by atoms with Crippen molar-refractivity contribution in [2.45, 2.75) is 32.7 Å². The number of halogens is 2. The molecule has 112 valence electrons. The third-order valence-electron chi connectivity index (χ3n) is 3.49. The van der Waals surface area contributed by atoms with E-state index in [1.165, 1.54) is 18.2 Å². The summed E-state index contributed by atoms with van der Waals surface area (Å²) in [5, 5.41) is 3.33. The number of aryl methyl sites for hydroxylation is 1. The summed E-state index contributed by atoms with van der Waals surface area (Å²) in [7, 11) is 0. The third kappa shape index (κ3) is 3.85. The molecule has 1 aromatic carbocycles. The van der Waals surface area contributed by atoms with Crippen LogP contribution >= 0.6 is 0 Å². The summed E-state index contributed by atoms with van der Waals surface area (Å²) in [6.07, 6.45) is 2.90. The van der Waals surface area contributed by atoms with Gasteiger partial charge in [-0.3, -0.25) is 4.98 Å². The largest absolute Gasteiger partial charge is 0.308 e. The standard InChI is InChI=1S/C17H20F2N2/c1-3-9-20-16(17-12(2)6-5-10-21-17)11-13-14(18)7-4-8-15(13)19/h4-8,10,16,20H,3,9,11H2,1-2H3. The van der Waals surface area contributed by atoms with Crippen molar-refractivity contribution in [3.05, 3.63) is 65.0 Å². The van der Waals surface area contributed by atoms with Crippen LogP contribution in [0.4, 0.5) is 8.78 Å². The van der Waals surface area contributed by atoms with Crippen LogP contribution in [0, 0.1) is 18.6 Å². The Morgan fingerprint density at radius 3 is 2.48 bits per heavy atom. The van der Waals surface area contributed by atoms with E-state index < -0.39 is 11.6 Å². The SMILES string of the molecule is CCCNC(Cc1c(F)cccc1F)c1ncccc1C. The second-order valence-corrected chi connectivity index (χ2v) is 5.12. The topological polar surface area (TPSA) is 24.9 Å². The first kappa shape index (κ1) is 15.6. The molecule has 4 heteroatoms. The van der Waals surface area contributed by atoms with Gasteiger partial charge in [0.15, 0.2) is 0 Å². The van der Waals surface area contributed by atoms with Gasteiger partial charge >= 0.3 is 0 Å². The van der Waals surface area contributed by atoms with Crippen molar-refractivity contribution >= 4 is 0 Å². The fourth-order valence-electron chi connectivity index (χ4n) is 2.38. The summed E-state index contributed by atoms with van der Waals surface area (Å²) in [5.41, 5.74) is 1.97. The maximum absolute atomic E-state index is 13.9. The zero-order chi connectivity index (χ0) is 15.2. The van der Waals surface area contributed by atoms with Crippen LogP contribution in [0.1, 0.15) is 36.2 Å². The number of nitrogens with zero attached hydrogens (tertiary/aromatic N) is 1. The average Bonchev–Trinajstić information content (AvgIpc) is 2.47. The first-order valence-electron chi connectivity index (χ1n) is 7.21. The third-order valence-corrected chi connectivity index (χ3v) is 3.49. The monoisotopic (exact) mass is 290 g/mol. The molecule has 1 atom stereocenters. The Kier molecular flexibility index (Phi) is 5.39. The van der Waals surface area contributed by atoms with Crippen LogP contribution in [0.3, 0.4) is 0 Å². The van der Waals surface area contributed by atoms with Crippen LogP contribution in [0.15, 0.2) is 36.5 Å².